The van der Waals surface area contributed by atoms with Gasteiger partial charge in [-0.05, 0) is 81.4 Å². The molecule has 2 fully saturated rings. The molecule has 0 atom stereocenters. The summed E-state index contributed by atoms with van der Waals surface area (Å²) in [6.45, 7) is 18.6. The Bertz CT molecular complexity index is 1860. The van der Waals surface area contributed by atoms with Crippen molar-refractivity contribution in [1.29, 1.82) is 0 Å². The Morgan fingerprint density at radius 3 is 1.45 bits per heavy atom. The highest BCUT2D eigenvalue weighted by Gasteiger charge is 2.18. The van der Waals surface area contributed by atoms with Crippen molar-refractivity contribution in [2.45, 2.75) is 40.8 Å². The zero-order valence-corrected chi connectivity index (χ0v) is 34.6. The van der Waals surface area contributed by atoms with E-state index in [9.17, 15) is 14.7 Å². The molecular weight excluding hydrogens is 732 g/mol. The molecule has 2 aliphatic rings. The first-order valence-electron chi connectivity index (χ1n) is 18.6. The van der Waals surface area contributed by atoms with Crippen molar-refractivity contribution < 1.29 is 9.84 Å². The average molecular weight is 792 g/mol. The van der Waals surface area contributed by atoms with E-state index in [2.05, 4.69) is 67.8 Å². The van der Waals surface area contributed by atoms with Crippen molar-refractivity contribution in [3.63, 3.8) is 0 Å². The monoisotopic (exact) mass is 790 g/mol. The van der Waals surface area contributed by atoms with Crippen LogP contribution in [0.15, 0.2) is 70.5 Å². The summed E-state index contributed by atoms with van der Waals surface area (Å²) in [5, 5.41) is 11.5. The van der Waals surface area contributed by atoms with E-state index < -0.39 is 0 Å². The molecule has 0 bridgehead atoms. The lowest BCUT2D eigenvalue weighted by Crippen LogP contribution is -2.43. The number of aromatic nitrogens is 2. The van der Waals surface area contributed by atoms with Gasteiger partial charge in [0.2, 0.25) is 0 Å². The van der Waals surface area contributed by atoms with E-state index in [0.29, 0.717) is 17.9 Å². The maximum Gasteiger partial charge on any atom is 0.253 e. The molecule has 0 radical (unpaired) electrons. The molecule has 11 heteroatoms. The Labute approximate surface area is 324 Å². The first-order chi connectivity index (χ1) is 25.3. The minimum absolute atomic E-state index is 0.00894. The number of phenolic OH excluding ortho intramolecular Hbond substituents is 1. The standard InChI is InChI=1S/C21H29N3O2.C19H25N3O2.C2H5Br/c1-5-26-20-13-17(19-12-16(2)21(25)23(4)14-19)6-7-18(20)15-24-10-8-22(3)9-11-24;1-14-10-17(12-21(3)19(14)24)15-4-5-16(18(23)11-15)13-22-8-6-20(2)7-9-22;1-2-3/h6-7,12-14H,5,8-11,15H2,1-4H3;4-5,10-12,23H,6-9,13H2,1-3H3;2H2,1H3. The molecule has 2 aromatic heterocycles. The van der Waals surface area contributed by atoms with Gasteiger partial charge < -0.3 is 28.8 Å². The number of piperazine rings is 2. The molecule has 0 spiro atoms. The van der Waals surface area contributed by atoms with E-state index in [-0.39, 0.29) is 11.1 Å². The molecule has 2 aliphatic heterocycles. The first kappa shape index (κ1) is 42.0. The number of ether oxygens (including phenoxy) is 1. The topological polar surface area (TPSA) is 86.4 Å². The fourth-order valence-electron chi connectivity index (χ4n) is 6.60. The number of halogens is 1. The molecule has 53 heavy (non-hydrogen) atoms. The second kappa shape index (κ2) is 20.1. The lowest BCUT2D eigenvalue weighted by molar-refractivity contribution is 0.146. The van der Waals surface area contributed by atoms with Crippen molar-refractivity contribution in [3.05, 3.63) is 104 Å². The van der Waals surface area contributed by atoms with Gasteiger partial charge >= 0.3 is 0 Å². The van der Waals surface area contributed by atoms with Gasteiger partial charge in [-0.2, -0.15) is 0 Å². The highest BCUT2D eigenvalue weighted by molar-refractivity contribution is 9.09. The van der Waals surface area contributed by atoms with Gasteiger partial charge in [-0.25, -0.2) is 0 Å². The Morgan fingerprint density at radius 2 is 1.04 bits per heavy atom. The summed E-state index contributed by atoms with van der Waals surface area (Å²) in [6, 6.07) is 16.0. The van der Waals surface area contributed by atoms with Crippen molar-refractivity contribution in [2.24, 2.45) is 14.1 Å². The van der Waals surface area contributed by atoms with Gasteiger partial charge in [0.25, 0.3) is 11.1 Å². The first-order valence-corrected chi connectivity index (χ1v) is 19.8. The van der Waals surface area contributed by atoms with Crippen molar-refractivity contribution in [2.75, 3.05) is 78.4 Å². The van der Waals surface area contributed by atoms with Gasteiger partial charge in [0.1, 0.15) is 11.5 Å². The third-order valence-corrected chi connectivity index (χ3v) is 9.82. The minimum Gasteiger partial charge on any atom is -0.508 e. The Kier molecular flexibility index (Phi) is 15.9. The second-order valence-corrected chi connectivity index (χ2v) is 15.3. The fraction of sp³-hybridized carbons (Fsp3) is 0.476. The molecule has 4 aromatic rings. The lowest BCUT2D eigenvalue weighted by atomic mass is 10.0. The number of alkyl halides is 1. The smallest absolute Gasteiger partial charge is 0.253 e. The van der Waals surface area contributed by atoms with Crippen LogP contribution in [0.1, 0.15) is 36.1 Å². The summed E-state index contributed by atoms with van der Waals surface area (Å²) in [4.78, 5) is 33.3. The zero-order valence-electron chi connectivity index (χ0n) is 33.0. The largest absolute Gasteiger partial charge is 0.508 e. The maximum absolute atomic E-state index is 11.9. The molecule has 1 N–H and O–H groups in total. The molecule has 2 aromatic carbocycles. The maximum atomic E-state index is 11.9. The Hall–Kier alpha value is -3.74. The van der Waals surface area contributed by atoms with Gasteiger partial charge in [0, 0.05) is 120 Å². The molecule has 288 valence electrons. The van der Waals surface area contributed by atoms with Crippen molar-refractivity contribution >= 4 is 15.9 Å². The van der Waals surface area contributed by atoms with E-state index in [1.807, 2.05) is 64.4 Å². The van der Waals surface area contributed by atoms with Gasteiger partial charge in [0.15, 0.2) is 0 Å². The lowest BCUT2D eigenvalue weighted by Gasteiger charge is -2.32. The predicted octanol–water partition coefficient (Wildman–Crippen LogP) is 5.72. The number of aryl methyl sites for hydroxylation is 4. The van der Waals surface area contributed by atoms with E-state index in [0.717, 1.165) is 110 Å². The predicted molar refractivity (Wildman–Crippen MR) is 222 cm³/mol. The number of hydrogen-bond donors (Lipinski definition) is 1. The van der Waals surface area contributed by atoms with Crippen LogP contribution >= 0.6 is 15.9 Å². The second-order valence-electron chi connectivity index (χ2n) is 14.2. The van der Waals surface area contributed by atoms with Crippen LogP contribution in [0.3, 0.4) is 0 Å². The number of phenols is 1. The number of hydrogen-bond acceptors (Lipinski definition) is 8. The van der Waals surface area contributed by atoms with Crippen LogP contribution in [0.2, 0.25) is 0 Å². The van der Waals surface area contributed by atoms with Crippen LogP contribution < -0.4 is 15.9 Å². The van der Waals surface area contributed by atoms with Crippen molar-refractivity contribution in [3.8, 4) is 33.8 Å². The Balaban J connectivity index is 0.000000221. The number of aromatic hydroxyl groups is 1. The highest BCUT2D eigenvalue weighted by atomic mass is 79.9. The van der Waals surface area contributed by atoms with E-state index >= 15 is 0 Å². The fourth-order valence-corrected chi connectivity index (χ4v) is 6.60. The highest BCUT2D eigenvalue weighted by Crippen LogP contribution is 2.30. The van der Waals surface area contributed by atoms with Crippen molar-refractivity contribution in [1.82, 2.24) is 28.7 Å². The number of benzene rings is 2. The van der Waals surface area contributed by atoms with Crippen LogP contribution in [0.5, 0.6) is 11.5 Å². The summed E-state index contributed by atoms with van der Waals surface area (Å²) < 4.78 is 9.17. The Morgan fingerprint density at radius 1 is 0.623 bits per heavy atom. The van der Waals surface area contributed by atoms with Crippen LogP contribution in [-0.2, 0) is 27.2 Å². The third kappa shape index (κ3) is 11.9. The molecule has 2 saturated heterocycles. The van der Waals surface area contributed by atoms with Crippen LogP contribution in [0.4, 0.5) is 0 Å². The number of likely N-dealkylation sites (N-methyl/N-ethyl adjacent to an activating group) is 2. The summed E-state index contributed by atoms with van der Waals surface area (Å²) >= 11 is 3.15. The van der Waals surface area contributed by atoms with E-state index in [4.69, 9.17) is 4.74 Å². The molecule has 4 heterocycles. The summed E-state index contributed by atoms with van der Waals surface area (Å²) in [5.74, 6) is 1.26. The van der Waals surface area contributed by atoms with Crippen LogP contribution in [0, 0.1) is 13.8 Å². The van der Waals surface area contributed by atoms with Gasteiger partial charge in [0.05, 0.1) is 6.61 Å². The molecule has 0 saturated carbocycles. The molecular formula is C42H59BrN6O4. The summed E-state index contributed by atoms with van der Waals surface area (Å²) in [5.41, 5.74) is 7.67. The van der Waals surface area contributed by atoms with E-state index in [1.165, 1.54) is 5.56 Å². The van der Waals surface area contributed by atoms with Gasteiger partial charge in [-0.3, -0.25) is 19.4 Å². The molecule has 10 nitrogen and oxygen atoms in total. The van der Waals surface area contributed by atoms with Gasteiger partial charge in [-0.15, -0.1) is 0 Å². The third-order valence-electron chi connectivity index (χ3n) is 9.82. The molecule has 0 amide bonds. The molecule has 0 aliphatic carbocycles. The van der Waals surface area contributed by atoms with Gasteiger partial charge in [-0.1, -0.05) is 47.1 Å². The average Bonchev–Trinajstić information content (AvgIpc) is 3.13. The van der Waals surface area contributed by atoms with E-state index in [1.54, 1.807) is 29.3 Å². The zero-order chi connectivity index (χ0) is 38.7. The molecule has 0 unspecified atom stereocenters. The summed E-state index contributed by atoms with van der Waals surface area (Å²) in [6.07, 6.45) is 3.70. The number of rotatable bonds is 8. The normalized spacial score (nSPS) is 15.6. The summed E-state index contributed by atoms with van der Waals surface area (Å²) in [7, 11) is 7.86. The minimum atomic E-state index is 0.00894. The molecule has 6 rings (SSSR count). The SMILES string of the molecule is CCBr.CCOc1cc(-c2cc(C)c(=O)n(C)c2)ccc1CN1CCN(C)CC1.Cc1cc(-c2ccc(CN3CCN(C)CC3)c(O)c2)cn(C)c1=O. The van der Waals surface area contributed by atoms with Crippen LogP contribution in [-0.4, -0.2) is 112 Å². The van der Waals surface area contributed by atoms with Crippen LogP contribution in [0.25, 0.3) is 22.3 Å². The number of nitrogens with zero attached hydrogens (tertiary/aromatic N) is 6. The quantitative estimate of drug-likeness (QED) is 0.227. The number of pyridine rings is 2.